The number of carbonyl (C=O) groups excluding carboxylic acids is 1. The summed E-state index contributed by atoms with van der Waals surface area (Å²) in [5.74, 6) is 0.344. The monoisotopic (exact) mass is 365 g/mol. The quantitative estimate of drug-likeness (QED) is 0.832. The van der Waals surface area contributed by atoms with Crippen LogP contribution >= 0.6 is 0 Å². The predicted molar refractivity (Wildman–Crippen MR) is 88.2 cm³/mol. The molecule has 0 aromatic heterocycles. The smallest absolute Gasteiger partial charge is 0.486 e. The number of ether oxygens (including phenoxy) is 3. The number of rotatable bonds is 4. The molecule has 0 spiro atoms. The molecule has 136 valence electrons. The summed E-state index contributed by atoms with van der Waals surface area (Å²) in [6.45, 7) is 0.902. The van der Waals surface area contributed by atoms with Crippen molar-refractivity contribution in [1.82, 2.24) is 0 Å². The summed E-state index contributed by atoms with van der Waals surface area (Å²) in [7, 11) is 0. The predicted octanol–water partition coefficient (Wildman–Crippen LogP) is 4.01. The van der Waals surface area contributed by atoms with Gasteiger partial charge in [0.25, 0.3) is 0 Å². The van der Waals surface area contributed by atoms with Gasteiger partial charge in [-0.1, -0.05) is 12.1 Å². The molecule has 8 heteroatoms. The van der Waals surface area contributed by atoms with Crippen molar-refractivity contribution in [2.24, 2.45) is 0 Å². The maximum Gasteiger partial charge on any atom is 0.573 e. The minimum absolute atomic E-state index is 0.355. The Morgan fingerprint density at radius 1 is 1.08 bits per heavy atom. The third-order valence-electron chi connectivity index (χ3n) is 3.33. The van der Waals surface area contributed by atoms with Crippen LogP contribution in [0.3, 0.4) is 0 Å². The van der Waals surface area contributed by atoms with E-state index in [1.807, 2.05) is 0 Å². The fourth-order valence-electron chi connectivity index (χ4n) is 2.29. The lowest BCUT2D eigenvalue weighted by Gasteiger charge is -2.18. The molecular formula is C18H14F3NO4. The Hall–Kier alpha value is -3.16. The average molecular weight is 365 g/mol. The minimum atomic E-state index is -4.77. The summed E-state index contributed by atoms with van der Waals surface area (Å²) in [6.07, 6.45) is -2.17. The summed E-state index contributed by atoms with van der Waals surface area (Å²) >= 11 is 0. The highest BCUT2D eigenvalue weighted by Crippen LogP contribution is 2.32. The van der Waals surface area contributed by atoms with Gasteiger partial charge in [0.15, 0.2) is 11.5 Å². The molecule has 0 bridgehead atoms. The number of benzene rings is 2. The van der Waals surface area contributed by atoms with E-state index in [2.05, 4.69) is 10.1 Å². The van der Waals surface area contributed by atoms with E-state index in [1.165, 1.54) is 30.4 Å². The van der Waals surface area contributed by atoms with Gasteiger partial charge < -0.3 is 19.5 Å². The zero-order valence-corrected chi connectivity index (χ0v) is 13.4. The molecule has 1 aliphatic heterocycles. The van der Waals surface area contributed by atoms with Crippen molar-refractivity contribution in [1.29, 1.82) is 0 Å². The molecule has 0 aliphatic carbocycles. The van der Waals surface area contributed by atoms with Crippen LogP contribution in [0, 0.1) is 0 Å². The molecule has 0 saturated heterocycles. The van der Waals surface area contributed by atoms with Gasteiger partial charge in [0, 0.05) is 17.8 Å². The Labute approximate surface area is 147 Å². The SMILES string of the molecule is O=C(/C=C/c1cccc(OC(F)(F)F)c1)Nc1ccc2c(c1)OCCO2. The number of amides is 1. The van der Waals surface area contributed by atoms with Crippen molar-refractivity contribution >= 4 is 17.7 Å². The number of fused-ring (bicyclic) bond motifs is 1. The standard InChI is InChI=1S/C18H14F3NO4/c19-18(20,21)26-14-3-1-2-12(10-14)4-7-17(23)22-13-5-6-15-16(11-13)25-9-8-24-15/h1-7,10-11H,8-9H2,(H,22,23)/b7-4+. The van der Waals surface area contributed by atoms with Crippen molar-refractivity contribution < 1.29 is 32.2 Å². The van der Waals surface area contributed by atoms with E-state index < -0.39 is 12.3 Å². The summed E-state index contributed by atoms with van der Waals surface area (Å²) in [4.78, 5) is 12.0. The van der Waals surface area contributed by atoms with Gasteiger partial charge >= 0.3 is 6.36 Å². The van der Waals surface area contributed by atoms with Crippen LogP contribution in [0.1, 0.15) is 5.56 Å². The molecule has 26 heavy (non-hydrogen) atoms. The molecule has 1 N–H and O–H groups in total. The van der Waals surface area contributed by atoms with E-state index in [4.69, 9.17) is 9.47 Å². The molecule has 1 aliphatic rings. The largest absolute Gasteiger partial charge is 0.573 e. The maximum absolute atomic E-state index is 12.2. The molecule has 3 rings (SSSR count). The van der Waals surface area contributed by atoms with Gasteiger partial charge in [-0.3, -0.25) is 4.79 Å². The molecule has 0 fully saturated rings. The van der Waals surface area contributed by atoms with Crippen LogP contribution in [0.25, 0.3) is 6.08 Å². The highest BCUT2D eigenvalue weighted by molar-refractivity contribution is 6.02. The van der Waals surface area contributed by atoms with Crippen molar-refractivity contribution in [2.45, 2.75) is 6.36 Å². The van der Waals surface area contributed by atoms with Gasteiger partial charge in [0.1, 0.15) is 19.0 Å². The number of halogens is 3. The third-order valence-corrected chi connectivity index (χ3v) is 3.33. The van der Waals surface area contributed by atoms with Gasteiger partial charge in [0.2, 0.25) is 5.91 Å². The summed E-state index contributed by atoms with van der Waals surface area (Å²) in [6, 6.07) is 10.3. The first kappa shape index (κ1) is 17.7. The van der Waals surface area contributed by atoms with Crippen LogP contribution in [-0.2, 0) is 4.79 Å². The van der Waals surface area contributed by atoms with E-state index in [9.17, 15) is 18.0 Å². The van der Waals surface area contributed by atoms with Crippen molar-refractivity contribution in [2.75, 3.05) is 18.5 Å². The van der Waals surface area contributed by atoms with Crippen molar-refractivity contribution in [3.63, 3.8) is 0 Å². The van der Waals surface area contributed by atoms with Crippen molar-refractivity contribution in [3.8, 4) is 17.2 Å². The zero-order chi connectivity index (χ0) is 18.6. The van der Waals surface area contributed by atoms with Crippen molar-refractivity contribution in [3.05, 3.63) is 54.1 Å². The minimum Gasteiger partial charge on any atom is -0.486 e. The van der Waals surface area contributed by atoms with Crippen LogP contribution in [0.4, 0.5) is 18.9 Å². The highest BCUT2D eigenvalue weighted by atomic mass is 19.4. The molecule has 2 aromatic rings. The summed E-state index contributed by atoms with van der Waals surface area (Å²) in [5, 5.41) is 2.64. The number of nitrogens with one attached hydrogen (secondary N) is 1. The number of hydrogen-bond donors (Lipinski definition) is 1. The van der Waals surface area contributed by atoms with Crippen LogP contribution in [0.2, 0.25) is 0 Å². The fourth-order valence-corrected chi connectivity index (χ4v) is 2.29. The number of anilines is 1. The second-order valence-corrected chi connectivity index (χ2v) is 5.30. The molecular weight excluding hydrogens is 351 g/mol. The first-order valence-corrected chi connectivity index (χ1v) is 7.64. The van der Waals surface area contributed by atoms with E-state index in [0.29, 0.717) is 36.0 Å². The van der Waals surface area contributed by atoms with Crippen LogP contribution in [0.15, 0.2) is 48.5 Å². The Morgan fingerprint density at radius 2 is 1.85 bits per heavy atom. The molecule has 0 atom stereocenters. The number of carbonyl (C=O) groups is 1. The Morgan fingerprint density at radius 3 is 2.62 bits per heavy atom. The van der Waals surface area contributed by atoms with E-state index in [1.54, 1.807) is 24.3 Å². The molecule has 0 unspecified atom stereocenters. The normalized spacial score (nSPS) is 13.5. The first-order chi connectivity index (χ1) is 12.4. The molecule has 1 amide bonds. The average Bonchev–Trinajstić information content (AvgIpc) is 2.59. The lowest BCUT2D eigenvalue weighted by atomic mass is 10.2. The van der Waals surface area contributed by atoms with Gasteiger partial charge in [-0.2, -0.15) is 0 Å². The van der Waals surface area contributed by atoms with Gasteiger partial charge in [-0.15, -0.1) is 13.2 Å². The van der Waals surface area contributed by atoms with Crippen LogP contribution in [-0.4, -0.2) is 25.5 Å². The molecule has 0 radical (unpaired) electrons. The highest BCUT2D eigenvalue weighted by Gasteiger charge is 2.31. The number of hydrogen-bond acceptors (Lipinski definition) is 4. The van der Waals surface area contributed by atoms with Gasteiger partial charge in [-0.25, -0.2) is 0 Å². The van der Waals surface area contributed by atoms with E-state index >= 15 is 0 Å². The molecule has 5 nitrogen and oxygen atoms in total. The fraction of sp³-hybridized carbons (Fsp3) is 0.167. The van der Waals surface area contributed by atoms with Gasteiger partial charge in [-0.05, 0) is 35.9 Å². The first-order valence-electron chi connectivity index (χ1n) is 7.64. The second-order valence-electron chi connectivity index (χ2n) is 5.30. The Kier molecular flexibility index (Phi) is 5.01. The Bertz CT molecular complexity index is 833. The second kappa shape index (κ2) is 7.38. The maximum atomic E-state index is 12.2. The molecule has 1 heterocycles. The third kappa shape index (κ3) is 4.92. The Balaban J connectivity index is 1.64. The summed E-state index contributed by atoms with van der Waals surface area (Å²) < 4.78 is 51.3. The molecule has 0 saturated carbocycles. The molecule has 2 aromatic carbocycles. The number of alkyl halides is 3. The van der Waals surface area contributed by atoms with Crippen LogP contribution < -0.4 is 19.5 Å². The van der Waals surface area contributed by atoms with Crippen LogP contribution in [0.5, 0.6) is 17.2 Å². The summed E-state index contributed by atoms with van der Waals surface area (Å²) in [5.41, 5.74) is 0.905. The van der Waals surface area contributed by atoms with E-state index in [-0.39, 0.29) is 5.75 Å². The van der Waals surface area contributed by atoms with E-state index in [0.717, 1.165) is 0 Å². The lowest BCUT2D eigenvalue weighted by Crippen LogP contribution is -2.17. The van der Waals surface area contributed by atoms with Gasteiger partial charge in [0.05, 0.1) is 0 Å². The lowest BCUT2D eigenvalue weighted by molar-refractivity contribution is -0.274. The zero-order valence-electron chi connectivity index (χ0n) is 13.4. The topological polar surface area (TPSA) is 56.8 Å².